The van der Waals surface area contributed by atoms with Gasteiger partial charge in [-0.25, -0.2) is 9.18 Å². The van der Waals surface area contributed by atoms with Crippen LogP contribution in [0.1, 0.15) is 56.0 Å². The number of rotatable bonds is 10. The molecule has 9 nitrogen and oxygen atoms in total. The van der Waals surface area contributed by atoms with Crippen molar-refractivity contribution in [3.63, 3.8) is 0 Å². The smallest absolute Gasteiger partial charge is 0.416 e. The van der Waals surface area contributed by atoms with Crippen LogP contribution in [0.15, 0.2) is 103 Å². The fraction of sp³-hybridized carbons (Fsp3) is 0.385. The third-order valence-corrected chi connectivity index (χ3v) is 9.18. The second kappa shape index (κ2) is 15.8. The number of piperazine rings is 1. The Morgan fingerprint density at radius 1 is 0.962 bits per heavy atom. The molecule has 13 heteroatoms. The van der Waals surface area contributed by atoms with E-state index < -0.39 is 53.3 Å². The topological polar surface area (TPSA) is 88.6 Å². The first kappa shape index (κ1) is 38.4. The van der Waals surface area contributed by atoms with E-state index in [1.807, 2.05) is 35.2 Å². The minimum absolute atomic E-state index is 0.0102. The lowest BCUT2D eigenvalue weighted by Gasteiger charge is -2.47. The first-order valence-electron chi connectivity index (χ1n) is 17.1. The molecule has 2 amide bonds. The van der Waals surface area contributed by atoms with Crippen molar-refractivity contribution in [3.05, 3.63) is 131 Å². The van der Waals surface area contributed by atoms with Crippen LogP contribution in [0, 0.1) is 5.82 Å². The average molecular weight is 724 g/mol. The Labute approximate surface area is 301 Å². The number of halogens is 4. The summed E-state index contributed by atoms with van der Waals surface area (Å²) in [4.78, 5) is 34.3. The molecule has 278 valence electrons. The second-order valence-corrected chi connectivity index (χ2v) is 14.0. The summed E-state index contributed by atoms with van der Waals surface area (Å²) in [5, 5.41) is 13.3. The third-order valence-electron chi connectivity index (χ3n) is 9.18. The molecule has 0 aromatic heterocycles. The van der Waals surface area contributed by atoms with Gasteiger partial charge in [0.05, 0.1) is 37.3 Å². The molecule has 0 aliphatic carbocycles. The molecule has 2 aliphatic rings. The lowest BCUT2D eigenvalue weighted by atomic mass is 10.0. The fourth-order valence-electron chi connectivity index (χ4n) is 6.62. The first-order chi connectivity index (χ1) is 24.6. The van der Waals surface area contributed by atoms with Crippen LogP contribution < -0.4 is 5.32 Å². The maximum Gasteiger partial charge on any atom is 0.416 e. The Morgan fingerprint density at radius 2 is 1.62 bits per heavy atom. The number of aliphatic hydroxyl groups excluding tert-OH is 1. The van der Waals surface area contributed by atoms with Crippen molar-refractivity contribution in [3.8, 4) is 0 Å². The number of hydrogen-bond acceptors (Lipinski definition) is 7. The highest BCUT2D eigenvalue weighted by molar-refractivity contribution is 5.96. The second-order valence-electron chi connectivity index (χ2n) is 14.0. The van der Waals surface area contributed by atoms with Crippen molar-refractivity contribution in [2.45, 2.75) is 64.6 Å². The van der Waals surface area contributed by atoms with E-state index >= 15 is 4.39 Å². The largest absolute Gasteiger partial charge is 0.444 e. The molecule has 2 N–H and O–H groups in total. The van der Waals surface area contributed by atoms with Gasteiger partial charge < -0.3 is 25.0 Å². The number of alkyl carbamates (subject to hydrolysis) is 1. The molecule has 2 aliphatic heterocycles. The number of benzene rings is 3. The van der Waals surface area contributed by atoms with Gasteiger partial charge in [0.1, 0.15) is 22.9 Å². The number of allylic oxidation sites excluding steroid dienone is 1. The van der Waals surface area contributed by atoms with E-state index in [1.165, 1.54) is 9.80 Å². The monoisotopic (exact) mass is 723 g/mol. The highest BCUT2D eigenvalue weighted by Crippen LogP contribution is 2.38. The predicted octanol–water partition coefficient (Wildman–Crippen LogP) is 6.64. The lowest BCUT2D eigenvalue weighted by molar-refractivity contribution is -0.139. The Morgan fingerprint density at radius 3 is 2.23 bits per heavy atom. The summed E-state index contributed by atoms with van der Waals surface area (Å²) >= 11 is 0. The van der Waals surface area contributed by atoms with Gasteiger partial charge in [0.25, 0.3) is 5.91 Å². The van der Waals surface area contributed by atoms with Crippen molar-refractivity contribution in [2.75, 3.05) is 32.8 Å². The average Bonchev–Trinajstić information content (AvgIpc) is 3.08. The van der Waals surface area contributed by atoms with Gasteiger partial charge in [-0.05, 0) is 51.0 Å². The Kier molecular flexibility index (Phi) is 11.6. The van der Waals surface area contributed by atoms with Crippen LogP contribution in [-0.2, 0) is 28.8 Å². The van der Waals surface area contributed by atoms with E-state index in [0.29, 0.717) is 25.2 Å². The van der Waals surface area contributed by atoms with E-state index in [4.69, 9.17) is 4.74 Å². The van der Waals surface area contributed by atoms with Gasteiger partial charge in [0, 0.05) is 37.4 Å². The van der Waals surface area contributed by atoms with Crippen LogP contribution >= 0.6 is 0 Å². The van der Waals surface area contributed by atoms with Gasteiger partial charge in [-0.3, -0.25) is 14.6 Å². The molecule has 2 heterocycles. The molecule has 2 atom stereocenters. The number of alkyl halides is 3. The normalized spacial score (nSPS) is 18.2. The van der Waals surface area contributed by atoms with Crippen LogP contribution in [0.3, 0.4) is 0 Å². The number of hydrogen-bond donors (Lipinski definition) is 2. The van der Waals surface area contributed by atoms with Crippen LogP contribution in [-0.4, -0.2) is 81.1 Å². The molecule has 0 saturated carbocycles. The summed E-state index contributed by atoms with van der Waals surface area (Å²) in [5.74, 6) is -1.54. The lowest BCUT2D eigenvalue weighted by Crippen LogP contribution is -2.57. The zero-order valence-electron chi connectivity index (χ0n) is 29.8. The summed E-state index contributed by atoms with van der Waals surface area (Å²) in [7, 11) is 0. The molecule has 5 rings (SSSR count). The summed E-state index contributed by atoms with van der Waals surface area (Å²) in [6, 6.07) is 20.3. The minimum Gasteiger partial charge on any atom is -0.444 e. The molecular formula is C39H45F4N5O4. The number of ether oxygens (including phenoxy) is 1. The number of aliphatic hydroxyl groups is 1. The summed E-state index contributed by atoms with van der Waals surface area (Å²) in [6.07, 6.45) is -5.58. The van der Waals surface area contributed by atoms with Gasteiger partial charge in [-0.15, -0.1) is 0 Å². The van der Waals surface area contributed by atoms with Crippen molar-refractivity contribution >= 4 is 12.0 Å². The SMILES string of the molecule is C=C1N(C[C@H](NC(=O)OC(C)(C)C)c2ccccc2)C(=O)C(N2CCN(Cc3ccccc3)C(CO)C2)=C(C)N1Cc1c(F)cccc1C(F)(F)F. The molecule has 52 heavy (non-hydrogen) atoms. The Bertz CT molecular complexity index is 1780. The molecule has 1 fully saturated rings. The molecule has 0 radical (unpaired) electrons. The molecule has 0 spiro atoms. The number of carbonyl (C=O) groups excluding carboxylic acids is 2. The quantitative estimate of drug-likeness (QED) is 0.227. The van der Waals surface area contributed by atoms with Crippen molar-refractivity contribution in [1.82, 2.24) is 24.9 Å². The van der Waals surface area contributed by atoms with E-state index in [1.54, 1.807) is 58.0 Å². The highest BCUT2D eigenvalue weighted by Gasteiger charge is 2.42. The number of nitrogens with one attached hydrogen (secondary N) is 1. The number of carbonyl (C=O) groups is 2. The summed E-state index contributed by atoms with van der Waals surface area (Å²) < 4.78 is 63.4. The van der Waals surface area contributed by atoms with Crippen molar-refractivity contribution in [1.29, 1.82) is 0 Å². The van der Waals surface area contributed by atoms with Gasteiger partial charge in [-0.1, -0.05) is 73.3 Å². The van der Waals surface area contributed by atoms with E-state index in [2.05, 4.69) is 16.8 Å². The third kappa shape index (κ3) is 8.94. The minimum atomic E-state index is -4.84. The van der Waals surface area contributed by atoms with E-state index in [-0.39, 0.29) is 43.0 Å². The number of amides is 2. The molecule has 3 aromatic rings. The Balaban J connectivity index is 1.54. The molecule has 3 aromatic carbocycles. The van der Waals surface area contributed by atoms with Gasteiger partial charge >= 0.3 is 12.3 Å². The maximum atomic E-state index is 15.3. The Hall–Kier alpha value is -4.88. The molecule has 1 saturated heterocycles. The predicted molar refractivity (Wildman–Crippen MR) is 188 cm³/mol. The standard InChI is InChI=1S/C39H45F4N5O4/c1-26-35(46-20-19-45(30(22-46)25-49)21-28-13-8-6-9-14-28)36(50)48(24-34(29-15-10-7-11-16-29)44-37(51)52-38(3,4)5)27(2)47(26)23-31-32(39(41,42)43)17-12-18-33(31)40/h6-18,30,34,49H,2,19-25H2,1,3-5H3,(H,44,51)/t30?,34-/m0/s1. The zero-order chi connectivity index (χ0) is 37.8. The highest BCUT2D eigenvalue weighted by atomic mass is 19.4. The van der Waals surface area contributed by atoms with E-state index in [0.717, 1.165) is 23.8 Å². The molecule has 1 unspecified atom stereocenters. The zero-order valence-corrected chi connectivity index (χ0v) is 29.8. The fourth-order valence-corrected chi connectivity index (χ4v) is 6.62. The van der Waals surface area contributed by atoms with Crippen LogP contribution in [0.2, 0.25) is 0 Å². The van der Waals surface area contributed by atoms with Gasteiger partial charge in [0.2, 0.25) is 0 Å². The maximum absolute atomic E-state index is 15.3. The van der Waals surface area contributed by atoms with Gasteiger partial charge in [0.15, 0.2) is 0 Å². The molecular weight excluding hydrogens is 678 g/mol. The van der Waals surface area contributed by atoms with Crippen LogP contribution in [0.5, 0.6) is 0 Å². The first-order valence-corrected chi connectivity index (χ1v) is 17.1. The van der Waals surface area contributed by atoms with Crippen molar-refractivity contribution < 1.29 is 37.0 Å². The van der Waals surface area contributed by atoms with Crippen molar-refractivity contribution in [2.24, 2.45) is 0 Å². The summed E-state index contributed by atoms with van der Waals surface area (Å²) in [6.45, 7) is 11.6. The van der Waals surface area contributed by atoms with Crippen LogP contribution in [0.25, 0.3) is 0 Å². The van der Waals surface area contributed by atoms with Gasteiger partial charge in [-0.2, -0.15) is 13.2 Å². The van der Waals surface area contributed by atoms with E-state index in [9.17, 15) is 27.9 Å². The number of nitrogens with zero attached hydrogens (tertiary/aromatic N) is 4. The summed E-state index contributed by atoms with van der Waals surface area (Å²) in [5.41, 5.74) is -0.398. The molecule has 0 bridgehead atoms. The van der Waals surface area contributed by atoms with Crippen LogP contribution in [0.4, 0.5) is 22.4 Å².